The van der Waals surface area contributed by atoms with Crippen molar-refractivity contribution in [3.63, 3.8) is 0 Å². The highest BCUT2D eigenvalue weighted by Gasteiger charge is 2.27. The number of halogens is 1. The van der Waals surface area contributed by atoms with Gasteiger partial charge in [-0.25, -0.2) is 4.68 Å². The molecule has 3 rings (SSSR count). The van der Waals surface area contributed by atoms with Gasteiger partial charge >= 0.3 is 0 Å². The van der Waals surface area contributed by atoms with E-state index in [-0.39, 0.29) is 0 Å². The van der Waals surface area contributed by atoms with Gasteiger partial charge in [-0.05, 0) is 30.9 Å². The second kappa shape index (κ2) is 4.65. The lowest BCUT2D eigenvalue weighted by Crippen LogP contribution is -2.15. The van der Waals surface area contributed by atoms with Crippen molar-refractivity contribution in [3.05, 3.63) is 48.3 Å². The molecule has 0 amide bonds. The molecule has 1 aliphatic carbocycles. The minimum Gasteiger partial charge on any atom is -0.241 e. The number of benzene rings is 1. The van der Waals surface area contributed by atoms with Gasteiger partial charge in [0.1, 0.15) is 0 Å². The van der Waals surface area contributed by atoms with E-state index >= 15 is 0 Å². The summed E-state index contributed by atoms with van der Waals surface area (Å²) in [4.78, 5) is 0.466. The Morgan fingerprint density at radius 1 is 1.24 bits per heavy atom. The van der Waals surface area contributed by atoms with Crippen LogP contribution in [0.2, 0.25) is 0 Å². The summed E-state index contributed by atoms with van der Waals surface area (Å²) in [7, 11) is 0. The van der Waals surface area contributed by atoms with E-state index in [4.69, 9.17) is 0 Å². The van der Waals surface area contributed by atoms with E-state index in [1.165, 1.54) is 24.8 Å². The molecule has 3 heteroatoms. The summed E-state index contributed by atoms with van der Waals surface area (Å²) in [6, 6.07) is 10.2. The van der Waals surface area contributed by atoms with E-state index in [0.717, 1.165) is 11.6 Å². The number of rotatable bonds is 3. The van der Waals surface area contributed by atoms with Gasteiger partial charge in [0.2, 0.25) is 0 Å². The third-order valence-electron chi connectivity index (χ3n) is 3.51. The predicted octanol–water partition coefficient (Wildman–Crippen LogP) is 4.11. The fourth-order valence-electron chi connectivity index (χ4n) is 2.21. The molecule has 1 atom stereocenters. The normalized spacial score (nSPS) is 17.7. The fourth-order valence-corrected chi connectivity index (χ4v) is 2.97. The highest BCUT2D eigenvalue weighted by molar-refractivity contribution is 9.09. The fraction of sp³-hybridized carbons (Fsp3) is 0.357. The topological polar surface area (TPSA) is 17.8 Å². The van der Waals surface area contributed by atoms with Crippen LogP contribution in [0, 0.1) is 5.92 Å². The maximum absolute atomic E-state index is 4.43. The predicted molar refractivity (Wildman–Crippen MR) is 72.6 cm³/mol. The van der Waals surface area contributed by atoms with Crippen LogP contribution in [0.15, 0.2) is 42.7 Å². The summed E-state index contributed by atoms with van der Waals surface area (Å²) in [5.74, 6) is 0.795. The van der Waals surface area contributed by atoms with E-state index in [9.17, 15) is 0 Å². The number of para-hydroxylation sites is 1. The Morgan fingerprint density at radius 3 is 2.65 bits per heavy atom. The van der Waals surface area contributed by atoms with Crippen LogP contribution in [-0.2, 0) is 0 Å². The number of aromatic nitrogens is 2. The summed E-state index contributed by atoms with van der Waals surface area (Å²) in [6.45, 7) is 0. The molecule has 88 valence electrons. The van der Waals surface area contributed by atoms with Gasteiger partial charge in [-0.3, -0.25) is 0 Å². The molecule has 0 saturated heterocycles. The third kappa shape index (κ3) is 2.16. The van der Waals surface area contributed by atoms with Crippen molar-refractivity contribution in [2.75, 3.05) is 0 Å². The molecule has 1 unspecified atom stereocenters. The highest BCUT2D eigenvalue weighted by atomic mass is 79.9. The van der Waals surface area contributed by atoms with Crippen LogP contribution < -0.4 is 0 Å². The molecule has 1 aromatic heterocycles. The Labute approximate surface area is 110 Å². The summed E-state index contributed by atoms with van der Waals surface area (Å²) < 4.78 is 1.95. The number of alkyl halides is 1. The summed E-state index contributed by atoms with van der Waals surface area (Å²) >= 11 is 3.80. The highest BCUT2D eigenvalue weighted by Crippen LogP contribution is 2.42. The Kier molecular flexibility index (Phi) is 3.02. The van der Waals surface area contributed by atoms with E-state index < -0.39 is 0 Å². The van der Waals surface area contributed by atoms with Gasteiger partial charge in [0.05, 0.1) is 11.9 Å². The molecular weight excluding hydrogens is 276 g/mol. The zero-order valence-electron chi connectivity index (χ0n) is 9.59. The second-order valence-electron chi connectivity index (χ2n) is 4.65. The van der Waals surface area contributed by atoms with Gasteiger partial charge in [-0.1, -0.05) is 40.5 Å². The maximum atomic E-state index is 4.43. The van der Waals surface area contributed by atoms with Gasteiger partial charge in [-0.2, -0.15) is 5.10 Å². The number of hydrogen-bond donors (Lipinski definition) is 0. The summed E-state index contributed by atoms with van der Waals surface area (Å²) in [5.41, 5.74) is 2.41. The van der Waals surface area contributed by atoms with E-state index in [1.807, 2.05) is 29.1 Å². The average Bonchev–Trinajstić information content (AvgIpc) is 2.77. The number of nitrogens with zero attached hydrogens (tertiary/aromatic N) is 2. The van der Waals surface area contributed by atoms with Crippen molar-refractivity contribution in [2.45, 2.75) is 24.1 Å². The van der Waals surface area contributed by atoms with Crippen LogP contribution in [0.25, 0.3) is 5.69 Å². The van der Waals surface area contributed by atoms with E-state index in [0.29, 0.717) is 4.83 Å². The lowest BCUT2D eigenvalue weighted by Gasteiger charge is -2.29. The molecule has 2 nitrogen and oxygen atoms in total. The molecule has 0 bridgehead atoms. The molecule has 1 aromatic carbocycles. The molecule has 0 spiro atoms. The van der Waals surface area contributed by atoms with Crippen molar-refractivity contribution in [1.82, 2.24) is 9.78 Å². The first-order chi connectivity index (χ1) is 8.34. The van der Waals surface area contributed by atoms with Crippen molar-refractivity contribution in [1.29, 1.82) is 0 Å². The maximum Gasteiger partial charge on any atom is 0.0645 e. The lowest BCUT2D eigenvalue weighted by molar-refractivity contribution is 0.312. The molecule has 1 fully saturated rings. The SMILES string of the molecule is BrC(c1cnn(-c2ccccc2)c1)C1CCC1. The quantitative estimate of drug-likeness (QED) is 0.778. The molecule has 1 saturated carbocycles. The van der Waals surface area contributed by atoms with E-state index in [1.54, 1.807) is 0 Å². The third-order valence-corrected chi connectivity index (χ3v) is 4.78. The zero-order valence-corrected chi connectivity index (χ0v) is 11.2. The van der Waals surface area contributed by atoms with Gasteiger partial charge < -0.3 is 0 Å². The Bertz CT molecular complexity index is 488. The Hall–Kier alpha value is -1.09. The van der Waals surface area contributed by atoms with Crippen molar-refractivity contribution < 1.29 is 0 Å². The summed E-state index contributed by atoms with van der Waals surface area (Å²) in [5, 5.41) is 4.43. The van der Waals surface area contributed by atoms with E-state index in [2.05, 4.69) is 39.4 Å². The van der Waals surface area contributed by atoms with Gasteiger partial charge in [0.15, 0.2) is 0 Å². The average molecular weight is 291 g/mol. The minimum atomic E-state index is 0.466. The molecule has 1 aliphatic rings. The van der Waals surface area contributed by atoms with Crippen LogP contribution in [0.5, 0.6) is 0 Å². The monoisotopic (exact) mass is 290 g/mol. The largest absolute Gasteiger partial charge is 0.241 e. The van der Waals surface area contributed by atoms with Crippen LogP contribution in [0.1, 0.15) is 29.7 Å². The summed E-state index contributed by atoms with van der Waals surface area (Å²) in [6.07, 6.45) is 8.16. The Morgan fingerprint density at radius 2 is 2.00 bits per heavy atom. The molecule has 2 aromatic rings. The van der Waals surface area contributed by atoms with Crippen LogP contribution in [0.4, 0.5) is 0 Å². The van der Waals surface area contributed by atoms with Crippen LogP contribution >= 0.6 is 15.9 Å². The lowest BCUT2D eigenvalue weighted by atomic mass is 9.81. The first-order valence-corrected chi connectivity index (χ1v) is 7.00. The van der Waals surface area contributed by atoms with Crippen molar-refractivity contribution in [3.8, 4) is 5.69 Å². The second-order valence-corrected chi connectivity index (χ2v) is 5.63. The van der Waals surface area contributed by atoms with Crippen LogP contribution in [-0.4, -0.2) is 9.78 Å². The molecule has 1 heterocycles. The molecule has 0 aliphatic heterocycles. The smallest absolute Gasteiger partial charge is 0.0645 e. The minimum absolute atomic E-state index is 0.466. The van der Waals surface area contributed by atoms with Gasteiger partial charge in [0.25, 0.3) is 0 Å². The molecular formula is C14H15BrN2. The van der Waals surface area contributed by atoms with Crippen molar-refractivity contribution >= 4 is 15.9 Å². The first kappa shape index (κ1) is 11.0. The van der Waals surface area contributed by atoms with Gasteiger partial charge in [0, 0.05) is 16.6 Å². The first-order valence-electron chi connectivity index (χ1n) is 6.08. The zero-order chi connectivity index (χ0) is 11.7. The standard InChI is InChI=1S/C14H15BrN2/c15-14(11-5-4-6-11)12-9-16-17(10-12)13-7-2-1-3-8-13/h1-3,7-11,14H,4-6H2. The number of hydrogen-bond acceptors (Lipinski definition) is 1. The molecule has 0 N–H and O–H groups in total. The molecule has 0 radical (unpaired) electrons. The van der Waals surface area contributed by atoms with Crippen molar-refractivity contribution in [2.24, 2.45) is 5.92 Å². The Balaban J connectivity index is 1.82. The molecule has 17 heavy (non-hydrogen) atoms. The van der Waals surface area contributed by atoms with Crippen LogP contribution in [0.3, 0.4) is 0 Å². The van der Waals surface area contributed by atoms with Gasteiger partial charge in [-0.15, -0.1) is 0 Å².